The van der Waals surface area contributed by atoms with E-state index >= 15 is 0 Å². The number of carbonyl (C=O) groups is 1. The molecule has 1 atom stereocenters. The van der Waals surface area contributed by atoms with Crippen molar-refractivity contribution in [1.82, 2.24) is 10.6 Å². The summed E-state index contributed by atoms with van der Waals surface area (Å²) in [5.41, 5.74) is -0.598. The Morgan fingerprint density at radius 1 is 1.14 bits per heavy atom. The standard InChI is InChI=1S/C16H30N2O3/c1-13(2,3)12(19)18-8-15(6)7-17-9-16(15)20-10-14(4,5)11-21-16/h17H,7-11H2,1-6H3,(H,18,19). The van der Waals surface area contributed by atoms with Gasteiger partial charge in [0.1, 0.15) is 0 Å². The Morgan fingerprint density at radius 2 is 1.71 bits per heavy atom. The molecule has 122 valence electrons. The van der Waals surface area contributed by atoms with Crippen molar-refractivity contribution < 1.29 is 14.3 Å². The molecule has 2 N–H and O–H groups in total. The van der Waals surface area contributed by atoms with Crippen LogP contribution in [0.4, 0.5) is 0 Å². The van der Waals surface area contributed by atoms with Gasteiger partial charge in [-0.25, -0.2) is 0 Å². The molecule has 0 aromatic carbocycles. The molecule has 1 amide bonds. The van der Waals surface area contributed by atoms with Gasteiger partial charge in [0.15, 0.2) is 5.79 Å². The van der Waals surface area contributed by atoms with Crippen molar-refractivity contribution in [3.8, 4) is 0 Å². The van der Waals surface area contributed by atoms with E-state index in [0.29, 0.717) is 26.3 Å². The summed E-state index contributed by atoms with van der Waals surface area (Å²) in [7, 11) is 0. The monoisotopic (exact) mass is 298 g/mol. The second-order valence-corrected chi connectivity index (χ2v) is 8.59. The van der Waals surface area contributed by atoms with Crippen LogP contribution >= 0.6 is 0 Å². The van der Waals surface area contributed by atoms with Crippen molar-refractivity contribution >= 4 is 5.91 Å². The fourth-order valence-corrected chi connectivity index (χ4v) is 2.75. The van der Waals surface area contributed by atoms with E-state index in [-0.39, 0.29) is 22.2 Å². The van der Waals surface area contributed by atoms with Crippen molar-refractivity contribution in [3.63, 3.8) is 0 Å². The van der Waals surface area contributed by atoms with Gasteiger partial charge in [0.25, 0.3) is 0 Å². The maximum atomic E-state index is 12.1. The second kappa shape index (κ2) is 5.21. The third-order valence-electron chi connectivity index (χ3n) is 4.50. The molecular formula is C16H30N2O3. The van der Waals surface area contributed by atoms with Gasteiger partial charge in [-0.1, -0.05) is 41.5 Å². The topological polar surface area (TPSA) is 59.6 Å². The Labute approximate surface area is 128 Å². The van der Waals surface area contributed by atoms with Gasteiger partial charge >= 0.3 is 0 Å². The lowest BCUT2D eigenvalue weighted by atomic mass is 9.81. The lowest BCUT2D eigenvalue weighted by molar-refractivity contribution is -0.325. The summed E-state index contributed by atoms with van der Waals surface area (Å²) < 4.78 is 12.3. The molecule has 2 fully saturated rings. The molecule has 0 saturated carbocycles. The van der Waals surface area contributed by atoms with Crippen LogP contribution in [-0.4, -0.2) is 44.5 Å². The number of nitrogens with one attached hydrogen (secondary N) is 2. The Hall–Kier alpha value is -0.650. The van der Waals surface area contributed by atoms with E-state index in [0.717, 1.165) is 6.54 Å². The van der Waals surface area contributed by atoms with Crippen molar-refractivity contribution in [3.05, 3.63) is 0 Å². The number of hydrogen-bond donors (Lipinski definition) is 2. The van der Waals surface area contributed by atoms with Gasteiger partial charge in [-0.15, -0.1) is 0 Å². The fraction of sp³-hybridized carbons (Fsp3) is 0.938. The Bertz CT molecular complexity index is 404. The molecule has 2 rings (SSSR count). The molecule has 5 heteroatoms. The van der Waals surface area contributed by atoms with Crippen LogP contribution in [0.5, 0.6) is 0 Å². The lowest BCUT2D eigenvalue weighted by Gasteiger charge is -2.48. The van der Waals surface area contributed by atoms with Gasteiger partial charge in [-0.2, -0.15) is 0 Å². The normalized spacial score (nSPS) is 31.3. The van der Waals surface area contributed by atoms with E-state index in [2.05, 4.69) is 31.4 Å². The largest absolute Gasteiger partial charge is 0.355 e. The van der Waals surface area contributed by atoms with Gasteiger partial charge in [0.05, 0.1) is 25.2 Å². The van der Waals surface area contributed by atoms with Gasteiger partial charge in [0, 0.05) is 23.9 Å². The molecule has 0 aromatic heterocycles. The first-order valence-corrected chi connectivity index (χ1v) is 7.77. The average molecular weight is 298 g/mol. The predicted octanol–water partition coefficient (Wildman–Crippen LogP) is 1.53. The van der Waals surface area contributed by atoms with Crippen LogP contribution in [0, 0.1) is 16.2 Å². The van der Waals surface area contributed by atoms with Crippen molar-refractivity contribution in [2.45, 2.75) is 47.3 Å². The summed E-state index contributed by atoms with van der Waals surface area (Å²) in [5.74, 6) is -0.574. The number of hydrogen-bond acceptors (Lipinski definition) is 4. The first-order valence-electron chi connectivity index (χ1n) is 7.77. The van der Waals surface area contributed by atoms with Crippen LogP contribution < -0.4 is 10.6 Å². The fourth-order valence-electron chi connectivity index (χ4n) is 2.75. The third kappa shape index (κ3) is 3.25. The molecule has 5 nitrogen and oxygen atoms in total. The molecule has 0 aromatic rings. The van der Waals surface area contributed by atoms with E-state index < -0.39 is 5.79 Å². The molecule has 2 heterocycles. The summed E-state index contributed by atoms with van der Waals surface area (Å²) in [5, 5.41) is 6.42. The molecule has 21 heavy (non-hydrogen) atoms. The first kappa shape index (κ1) is 16.7. The van der Waals surface area contributed by atoms with Crippen molar-refractivity contribution in [2.24, 2.45) is 16.2 Å². The Kier molecular flexibility index (Phi) is 4.15. The highest BCUT2D eigenvalue weighted by molar-refractivity contribution is 5.81. The van der Waals surface area contributed by atoms with Crippen LogP contribution in [0.1, 0.15) is 41.5 Å². The summed E-state index contributed by atoms with van der Waals surface area (Å²) in [4.78, 5) is 12.1. The molecule has 2 aliphatic rings. The number of carbonyl (C=O) groups excluding carboxylic acids is 1. The van der Waals surface area contributed by atoms with Crippen LogP contribution in [0.3, 0.4) is 0 Å². The Morgan fingerprint density at radius 3 is 2.24 bits per heavy atom. The van der Waals surface area contributed by atoms with E-state index in [1.54, 1.807) is 0 Å². The molecular weight excluding hydrogens is 268 g/mol. The van der Waals surface area contributed by atoms with Crippen LogP contribution in [0.15, 0.2) is 0 Å². The number of rotatable bonds is 2. The molecule has 0 bridgehead atoms. The van der Waals surface area contributed by atoms with Gasteiger partial charge in [0.2, 0.25) is 5.91 Å². The maximum Gasteiger partial charge on any atom is 0.225 e. The van der Waals surface area contributed by atoms with Crippen LogP contribution in [-0.2, 0) is 14.3 Å². The zero-order valence-corrected chi connectivity index (χ0v) is 14.3. The quantitative estimate of drug-likeness (QED) is 0.811. The maximum absolute atomic E-state index is 12.1. The van der Waals surface area contributed by atoms with E-state index in [1.165, 1.54) is 0 Å². The highest BCUT2D eigenvalue weighted by atomic mass is 16.7. The van der Waals surface area contributed by atoms with Gasteiger partial charge in [-0.05, 0) is 0 Å². The summed E-state index contributed by atoms with van der Waals surface area (Å²) >= 11 is 0. The summed E-state index contributed by atoms with van der Waals surface area (Å²) in [6.45, 7) is 15.5. The van der Waals surface area contributed by atoms with Crippen molar-refractivity contribution in [1.29, 1.82) is 0 Å². The van der Waals surface area contributed by atoms with E-state index in [4.69, 9.17) is 9.47 Å². The molecule has 2 aliphatic heterocycles. The molecule has 1 unspecified atom stereocenters. The van der Waals surface area contributed by atoms with Gasteiger partial charge < -0.3 is 20.1 Å². The average Bonchev–Trinajstić information content (AvgIpc) is 2.67. The molecule has 2 saturated heterocycles. The zero-order valence-electron chi connectivity index (χ0n) is 14.3. The van der Waals surface area contributed by atoms with Gasteiger partial charge in [-0.3, -0.25) is 4.79 Å². The predicted molar refractivity (Wildman–Crippen MR) is 81.9 cm³/mol. The number of ether oxygens (including phenoxy) is 2. The minimum atomic E-state index is -0.631. The number of amides is 1. The lowest BCUT2D eigenvalue weighted by Crippen LogP contribution is -2.60. The summed E-state index contributed by atoms with van der Waals surface area (Å²) in [6.07, 6.45) is 0. The van der Waals surface area contributed by atoms with Crippen molar-refractivity contribution in [2.75, 3.05) is 32.8 Å². The highest BCUT2D eigenvalue weighted by Crippen LogP contribution is 2.43. The molecule has 1 spiro atoms. The van der Waals surface area contributed by atoms with Crippen LogP contribution in [0.25, 0.3) is 0 Å². The SMILES string of the molecule is CC1(C)COC2(CNCC2(C)CNC(=O)C(C)(C)C)OC1. The second-order valence-electron chi connectivity index (χ2n) is 8.59. The third-order valence-corrected chi connectivity index (χ3v) is 4.50. The first-order chi connectivity index (χ1) is 9.50. The molecule has 0 aliphatic carbocycles. The van der Waals surface area contributed by atoms with E-state index in [1.807, 2.05) is 20.8 Å². The van der Waals surface area contributed by atoms with E-state index in [9.17, 15) is 4.79 Å². The minimum Gasteiger partial charge on any atom is -0.355 e. The molecule has 0 radical (unpaired) electrons. The highest BCUT2D eigenvalue weighted by Gasteiger charge is 2.57. The zero-order chi connectivity index (χ0) is 15.9. The van der Waals surface area contributed by atoms with Crippen LogP contribution in [0.2, 0.25) is 0 Å². The smallest absolute Gasteiger partial charge is 0.225 e. The summed E-state index contributed by atoms with van der Waals surface area (Å²) in [6, 6.07) is 0. The minimum absolute atomic E-state index is 0.0450. The Balaban J connectivity index is 2.05.